The van der Waals surface area contributed by atoms with Crippen LogP contribution in [0.5, 0.6) is 0 Å². The van der Waals surface area contributed by atoms with Gasteiger partial charge in [-0.25, -0.2) is 0 Å². The summed E-state index contributed by atoms with van der Waals surface area (Å²) in [4.78, 5) is 24.9. The normalized spacial score (nSPS) is 26.5. The molecular weight excluding hydrogens is 391 g/mol. The molecule has 1 aliphatic heterocycles. The molecule has 0 aromatic heterocycles. The van der Waals surface area contributed by atoms with E-state index in [0.29, 0.717) is 5.92 Å². The molecule has 3 aliphatic rings. The number of benzene rings is 1. The van der Waals surface area contributed by atoms with Gasteiger partial charge in [0.1, 0.15) is 0 Å². The van der Waals surface area contributed by atoms with E-state index >= 15 is 0 Å². The molecule has 4 rings (SSSR count). The topological polar surface area (TPSA) is 70.2 Å². The van der Waals surface area contributed by atoms with Gasteiger partial charge in [-0.1, -0.05) is 12.1 Å². The minimum absolute atomic E-state index is 0.0909. The summed E-state index contributed by atoms with van der Waals surface area (Å²) in [5, 5.41) is 9.13. The molecule has 3 atom stereocenters. The van der Waals surface area contributed by atoms with Crippen LogP contribution in [0.3, 0.4) is 0 Å². The molecule has 1 aromatic carbocycles. The summed E-state index contributed by atoms with van der Waals surface area (Å²) in [6.45, 7) is 0. The number of hydrogen-bond acceptors (Lipinski definition) is 4. The van der Waals surface area contributed by atoms with E-state index in [-0.39, 0.29) is 53.0 Å². The maximum Gasteiger partial charge on any atom is 0.446 e. The summed E-state index contributed by atoms with van der Waals surface area (Å²) in [7, 11) is 0. The summed E-state index contributed by atoms with van der Waals surface area (Å²) in [5.74, 6) is 0.303. The molecule has 0 spiro atoms. The second kappa shape index (κ2) is 7.59. The number of alkyl halides is 3. The Bertz CT molecular complexity index is 748. The van der Waals surface area contributed by atoms with E-state index in [0.717, 1.165) is 31.2 Å². The molecule has 1 heterocycles. The number of carbonyl (C=O) groups excluding carboxylic acids is 2. The van der Waals surface area contributed by atoms with Crippen molar-refractivity contribution >= 4 is 23.6 Å². The van der Waals surface area contributed by atoms with Gasteiger partial charge >= 0.3 is 5.51 Å². The monoisotopic (exact) mass is 413 g/mol. The molecule has 152 valence electrons. The largest absolute Gasteiger partial charge is 0.446 e. The van der Waals surface area contributed by atoms with Crippen LogP contribution in [0.2, 0.25) is 0 Å². The highest BCUT2D eigenvalue weighted by molar-refractivity contribution is 8.00. The van der Waals surface area contributed by atoms with Crippen molar-refractivity contribution in [3.05, 3.63) is 29.8 Å². The SMILES string of the molecule is O=C1CC(C(=O)N[C@@H](c2ccc(SC(F)(F)F)cc2)C2CC2)NC(C2CC2)N1. The van der Waals surface area contributed by atoms with Crippen molar-refractivity contribution in [3.63, 3.8) is 0 Å². The molecule has 3 fully saturated rings. The zero-order chi connectivity index (χ0) is 19.9. The van der Waals surface area contributed by atoms with Gasteiger partial charge in [-0.15, -0.1) is 0 Å². The van der Waals surface area contributed by atoms with E-state index in [1.807, 2.05) is 0 Å². The lowest BCUT2D eigenvalue weighted by Crippen LogP contribution is -2.61. The average Bonchev–Trinajstić information content (AvgIpc) is 3.52. The fraction of sp³-hybridized carbons (Fsp3) is 0.579. The van der Waals surface area contributed by atoms with Crippen molar-refractivity contribution in [3.8, 4) is 0 Å². The molecule has 28 heavy (non-hydrogen) atoms. The maximum atomic E-state index is 12.8. The molecule has 3 N–H and O–H groups in total. The summed E-state index contributed by atoms with van der Waals surface area (Å²) < 4.78 is 37.5. The van der Waals surface area contributed by atoms with Crippen molar-refractivity contribution in [1.82, 2.24) is 16.0 Å². The van der Waals surface area contributed by atoms with Crippen LogP contribution in [0.25, 0.3) is 0 Å². The quantitative estimate of drug-likeness (QED) is 0.627. The first-order chi connectivity index (χ1) is 13.3. The first-order valence-corrected chi connectivity index (χ1v) is 10.3. The van der Waals surface area contributed by atoms with E-state index < -0.39 is 11.6 Å². The smallest absolute Gasteiger partial charge is 0.348 e. The van der Waals surface area contributed by atoms with Gasteiger partial charge in [-0.2, -0.15) is 13.2 Å². The van der Waals surface area contributed by atoms with Gasteiger partial charge in [0.15, 0.2) is 0 Å². The minimum atomic E-state index is -4.32. The van der Waals surface area contributed by atoms with Crippen molar-refractivity contribution in [2.24, 2.45) is 11.8 Å². The molecule has 0 bridgehead atoms. The number of halogens is 3. The molecule has 5 nitrogen and oxygen atoms in total. The van der Waals surface area contributed by atoms with Crippen LogP contribution >= 0.6 is 11.8 Å². The number of rotatable bonds is 6. The maximum absolute atomic E-state index is 12.8. The highest BCUT2D eigenvalue weighted by atomic mass is 32.2. The standard InChI is InChI=1S/C19H22F3N3O2S/c20-19(21,22)28-13-7-5-11(6-8-13)16(10-1-2-10)25-18(27)14-9-15(26)24-17(23-14)12-3-4-12/h5-8,10,12,14,16-17,23H,1-4,9H2,(H,24,26)(H,25,27)/t14?,16-,17?/m1/s1. The van der Waals surface area contributed by atoms with Gasteiger partial charge in [0, 0.05) is 4.90 Å². The lowest BCUT2D eigenvalue weighted by Gasteiger charge is -2.32. The van der Waals surface area contributed by atoms with E-state index in [4.69, 9.17) is 0 Å². The first-order valence-electron chi connectivity index (χ1n) is 9.50. The molecule has 2 aliphatic carbocycles. The lowest BCUT2D eigenvalue weighted by molar-refractivity contribution is -0.132. The summed E-state index contributed by atoms with van der Waals surface area (Å²) in [6, 6.07) is 5.33. The van der Waals surface area contributed by atoms with E-state index in [2.05, 4.69) is 16.0 Å². The number of amides is 2. The van der Waals surface area contributed by atoms with Crippen LogP contribution in [0.15, 0.2) is 29.2 Å². The van der Waals surface area contributed by atoms with E-state index in [1.54, 1.807) is 12.1 Å². The van der Waals surface area contributed by atoms with Gasteiger partial charge in [-0.05, 0) is 67.0 Å². The summed E-state index contributed by atoms with van der Waals surface area (Å²) >= 11 is -0.151. The van der Waals surface area contributed by atoms with Crippen molar-refractivity contribution in [1.29, 1.82) is 0 Å². The molecular formula is C19H22F3N3O2S. The van der Waals surface area contributed by atoms with Crippen molar-refractivity contribution in [2.75, 3.05) is 0 Å². The predicted molar refractivity (Wildman–Crippen MR) is 98.2 cm³/mol. The number of carbonyl (C=O) groups is 2. The Balaban J connectivity index is 1.42. The van der Waals surface area contributed by atoms with Gasteiger partial charge in [0.2, 0.25) is 11.8 Å². The van der Waals surface area contributed by atoms with Gasteiger partial charge in [0.25, 0.3) is 0 Å². The van der Waals surface area contributed by atoms with Gasteiger partial charge < -0.3 is 10.6 Å². The van der Waals surface area contributed by atoms with E-state index in [9.17, 15) is 22.8 Å². The van der Waals surface area contributed by atoms with Gasteiger partial charge in [-0.3, -0.25) is 14.9 Å². The van der Waals surface area contributed by atoms with Crippen LogP contribution in [0.4, 0.5) is 13.2 Å². The molecule has 1 saturated heterocycles. The third-order valence-electron chi connectivity index (χ3n) is 5.36. The zero-order valence-electron chi connectivity index (χ0n) is 15.1. The Morgan fingerprint density at radius 3 is 2.39 bits per heavy atom. The third kappa shape index (κ3) is 5.00. The predicted octanol–water partition coefficient (Wildman–Crippen LogP) is 3.08. The Morgan fingerprint density at radius 1 is 1.14 bits per heavy atom. The molecule has 2 unspecified atom stereocenters. The number of nitrogens with one attached hydrogen (secondary N) is 3. The fourth-order valence-electron chi connectivity index (χ4n) is 3.62. The Labute approximate surface area is 165 Å². The zero-order valence-corrected chi connectivity index (χ0v) is 15.9. The van der Waals surface area contributed by atoms with Crippen molar-refractivity contribution < 1.29 is 22.8 Å². The van der Waals surface area contributed by atoms with Crippen LogP contribution in [-0.2, 0) is 9.59 Å². The Hall–Kier alpha value is -1.74. The molecule has 2 saturated carbocycles. The Kier molecular flexibility index (Phi) is 5.30. The highest BCUT2D eigenvalue weighted by Gasteiger charge is 2.41. The Morgan fingerprint density at radius 2 is 1.82 bits per heavy atom. The van der Waals surface area contributed by atoms with Gasteiger partial charge in [0.05, 0.1) is 24.7 Å². The first kappa shape index (κ1) is 19.6. The second-order valence-electron chi connectivity index (χ2n) is 7.75. The summed E-state index contributed by atoms with van der Waals surface area (Å²) in [6.07, 6.45) is 3.95. The van der Waals surface area contributed by atoms with Crippen LogP contribution in [0.1, 0.15) is 43.7 Å². The number of thioether (sulfide) groups is 1. The highest BCUT2D eigenvalue weighted by Crippen LogP contribution is 2.42. The van der Waals surface area contributed by atoms with Crippen LogP contribution < -0.4 is 16.0 Å². The fourth-order valence-corrected chi connectivity index (χ4v) is 4.16. The van der Waals surface area contributed by atoms with E-state index in [1.165, 1.54) is 12.1 Å². The number of hydrogen-bond donors (Lipinski definition) is 3. The molecule has 1 aromatic rings. The molecule has 0 radical (unpaired) electrons. The summed E-state index contributed by atoms with van der Waals surface area (Å²) in [5.41, 5.74) is -3.53. The third-order valence-corrected chi connectivity index (χ3v) is 6.10. The second-order valence-corrected chi connectivity index (χ2v) is 8.88. The lowest BCUT2D eigenvalue weighted by atomic mass is 10.0. The van der Waals surface area contributed by atoms with Crippen LogP contribution in [0, 0.1) is 11.8 Å². The van der Waals surface area contributed by atoms with Crippen LogP contribution in [-0.4, -0.2) is 29.5 Å². The van der Waals surface area contributed by atoms with Crippen molar-refractivity contribution in [2.45, 2.75) is 60.8 Å². The molecule has 2 amide bonds. The average molecular weight is 413 g/mol. The molecule has 9 heteroatoms. The minimum Gasteiger partial charge on any atom is -0.348 e.